The van der Waals surface area contributed by atoms with Crippen LogP contribution < -0.4 is 10.5 Å². The number of halogens is 2. The summed E-state index contributed by atoms with van der Waals surface area (Å²) in [7, 11) is 0. The largest absolute Gasteiger partial charge is 0.435 e. The molecule has 0 fully saturated rings. The molecule has 0 bridgehead atoms. The van der Waals surface area contributed by atoms with Gasteiger partial charge in [-0.1, -0.05) is 12.1 Å². The van der Waals surface area contributed by atoms with Gasteiger partial charge in [-0.3, -0.25) is 0 Å². The summed E-state index contributed by atoms with van der Waals surface area (Å²) in [4.78, 5) is 7.04. The zero-order valence-corrected chi connectivity index (χ0v) is 9.51. The summed E-state index contributed by atoms with van der Waals surface area (Å²) in [5, 5.41) is 0. The normalized spacial score (nSPS) is 12.7. The van der Waals surface area contributed by atoms with Gasteiger partial charge in [0.15, 0.2) is 0 Å². The van der Waals surface area contributed by atoms with E-state index in [1.165, 1.54) is 12.1 Å². The SMILES string of the molecule is NC(Cc1ncc[nH]1)c1ccc(OC(F)F)cc1. The fourth-order valence-corrected chi connectivity index (χ4v) is 1.63. The molecule has 0 saturated heterocycles. The minimum absolute atomic E-state index is 0.124. The average Bonchev–Trinajstić information content (AvgIpc) is 2.82. The average molecular weight is 253 g/mol. The van der Waals surface area contributed by atoms with Crippen LogP contribution in [0.3, 0.4) is 0 Å². The summed E-state index contributed by atoms with van der Waals surface area (Å²) in [6.45, 7) is -2.81. The van der Waals surface area contributed by atoms with E-state index >= 15 is 0 Å². The van der Waals surface area contributed by atoms with E-state index in [1.807, 2.05) is 0 Å². The second kappa shape index (κ2) is 5.59. The van der Waals surface area contributed by atoms with E-state index < -0.39 is 6.61 Å². The van der Waals surface area contributed by atoms with E-state index in [0.29, 0.717) is 6.42 Å². The third-order valence-corrected chi connectivity index (χ3v) is 2.50. The molecule has 96 valence electrons. The van der Waals surface area contributed by atoms with Gasteiger partial charge >= 0.3 is 6.61 Å². The number of aromatic nitrogens is 2. The molecular weight excluding hydrogens is 240 g/mol. The molecule has 1 unspecified atom stereocenters. The Morgan fingerprint density at radius 1 is 1.28 bits per heavy atom. The highest BCUT2D eigenvalue weighted by molar-refractivity contribution is 5.29. The van der Waals surface area contributed by atoms with Crippen molar-refractivity contribution in [2.45, 2.75) is 19.1 Å². The Labute approximate surface area is 103 Å². The lowest BCUT2D eigenvalue weighted by molar-refractivity contribution is -0.0498. The number of H-pyrrole nitrogens is 1. The first-order valence-corrected chi connectivity index (χ1v) is 5.44. The van der Waals surface area contributed by atoms with Crippen molar-refractivity contribution in [1.82, 2.24) is 9.97 Å². The maximum absolute atomic E-state index is 12.0. The lowest BCUT2D eigenvalue weighted by Crippen LogP contribution is -2.14. The van der Waals surface area contributed by atoms with E-state index in [9.17, 15) is 8.78 Å². The van der Waals surface area contributed by atoms with Gasteiger partial charge in [0.05, 0.1) is 0 Å². The molecule has 1 atom stereocenters. The van der Waals surface area contributed by atoms with Crippen molar-refractivity contribution in [3.8, 4) is 5.75 Å². The molecule has 1 heterocycles. The third kappa shape index (κ3) is 3.27. The van der Waals surface area contributed by atoms with Crippen molar-refractivity contribution >= 4 is 0 Å². The Hall–Kier alpha value is -1.95. The van der Waals surface area contributed by atoms with Gasteiger partial charge in [-0.2, -0.15) is 8.78 Å². The van der Waals surface area contributed by atoms with E-state index in [2.05, 4.69) is 14.7 Å². The summed E-state index contributed by atoms with van der Waals surface area (Å²) in [5.41, 5.74) is 6.83. The van der Waals surface area contributed by atoms with Crippen molar-refractivity contribution in [2.24, 2.45) is 5.73 Å². The highest BCUT2D eigenvalue weighted by Crippen LogP contribution is 2.19. The van der Waals surface area contributed by atoms with Gasteiger partial charge in [-0.25, -0.2) is 4.98 Å². The predicted octanol–water partition coefficient (Wildman–Crippen LogP) is 2.25. The fraction of sp³-hybridized carbons (Fsp3) is 0.250. The molecule has 3 N–H and O–H groups in total. The van der Waals surface area contributed by atoms with Crippen LogP contribution in [0, 0.1) is 0 Å². The lowest BCUT2D eigenvalue weighted by Gasteiger charge is -2.11. The summed E-state index contributed by atoms with van der Waals surface area (Å²) < 4.78 is 28.2. The smallest absolute Gasteiger partial charge is 0.387 e. The van der Waals surface area contributed by atoms with Crippen LogP contribution in [0.25, 0.3) is 0 Å². The zero-order valence-electron chi connectivity index (χ0n) is 9.51. The van der Waals surface area contributed by atoms with Gasteiger partial charge in [0.1, 0.15) is 11.6 Å². The third-order valence-electron chi connectivity index (χ3n) is 2.50. The van der Waals surface area contributed by atoms with Gasteiger partial charge in [0.2, 0.25) is 0 Å². The van der Waals surface area contributed by atoms with E-state index in [0.717, 1.165) is 11.4 Å². The van der Waals surface area contributed by atoms with Gasteiger partial charge in [-0.15, -0.1) is 0 Å². The lowest BCUT2D eigenvalue weighted by atomic mass is 10.0. The maximum atomic E-state index is 12.0. The first-order chi connectivity index (χ1) is 8.65. The molecule has 0 aliphatic heterocycles. The minimum Gasteiger partial charge on any atom is -0.435 e. The number of rotatable bonds is 5. The molecule has 18 heavy (non-hydrogen) atoms. The number of nitrogens with one attached hydrogen (secondary N) is 1. The standard InChI is InChI=1S/C12H13F2N3O/c13-12(14)18-9-3-1-8(2-4-9)10(15)7-11-16-5-6-17-11/h1-6,10,12H,7,15H2,(H,16,17). The van der Waals surface area contributed by atoms with Crippen molar-refractivity contribution in [3.05, 3.63) is 48.0 Å². The van der Waals surface area contributed by atoms with Gasteiger partial charge in [-0.05, 0) is 17.7 Å². The molecule has 4 nitrogen and oxygen atoms in total. The van der Waals surface area contributed by atoms with Crippen LogP contribution in [0.4, 0.5) is 8.78 Å². The van der Waals surface area contributed by atoms with Crippen LogP contribution in [0.2, 0.25) is 0 Å². The number of benzene rings is 1. The van der Waals surface area contributed by atoms with Gasteiger partial charge < -0.3 is 15.5 Å². The summed E-state index contributed by atoms with van der Waals surface area (Å²) in [6, 6.07) is 6.06. The first-order valence-electron chi connectivity index (χ1n) is 5.44. The van der Waals surface area contributed by atoms with Crippen LogP contribution in [-0.4, -0.2) is 16.6 Å². The molecule has 1 aromatic heterocycles. The minimum atomic E-state index is -2.81. The number of alkyl halides is 2. The van der Waals surface area contributed by atoms with E-state index in [-0.39, 0.29) is 11.8 Å². The quantitative estimate of drug-likeness (QED) is 0.859. The number of imidazole rings is 1. The van der Waals surface area contributed by atoms with Crippen molar-refractivity contribution in [1.29, 1.82) is 0 Å². The van der Waals surface area contributed by atoms with E-state index in [1.54, 1.807) is 24.5 Å². The van der Waals surface area contributed by atoms with Crippen LogP contribution in [0.1, 0.15) is 17.4 Å². The molecular formula is C12H13F2N3O. The van der Waals surface area contributed by atoms with Crippen LogP contribution in [-0.2, 0) is 6.42 Å². The Balaban J connectivity index is 2.00. The second-order valence-corrected chi connectivity index (χ2v) is 3.79. The van der Waals surface area contributed by atoms with Crippen molar-refractivity contribution < 1.29 is 13.5 Å². The second-order valence-electron chi connectivity index (χ2n) is 3.79. The van der Waals surface area contributed by atoms with Crippen molar-refractivity contribution in [3.63, 3.8) is 0 Å². The Morgan fingerprint density at radius 3 is 2.56 bits per heavy atom. The van der Waals surface area contributed by atoms with Crippen LogP contribution in [0.15, 0.2) is 36.7 Å². The van der Waals surface area contributed by atoms with Gasteiger partial charge in [0.25, 0.3) is 0 Å². The highest BCUT2D eigenvalue weighted by Gasteiger charge is 2.09. The molecule has 2 aromatic rings. The number of hydrogen-bond donors (Lipinski definition) is 2. The summed E-state index contributed by atoms with van der Waals surface area (Å²) in [5.74, 6) is 0.911. The molecule has 1 aromatic carbocycles. The number of hydrogen-bond acceptors (Lipinski definition) is 3. The molecule has 0 saturated carbocycles. The molecule has 6 heteroatoms. The summed E-state index contributed by atoms with van der Waals surface area (Å²) >= 11 is 0. The Kier molecular flexibility index (Phi) is 3.88. The van der Waals surface area contributed by atoms with Gasteiger partial charge in [0, 0.05) is 24.9 Å². The topological polar surface area (TPSA) is 63.9 Å². The molecule has 0 aliphatic carbocycles. The monoisotopic (exact) mass is 253 g/mol. The molecule has 2 rings (SSSR count). The molecule has 0 radical (unpaired) electrons. The van der Waals surface area contributed by atoms with Crippen LogP contribution >= 0.6 is 0 Å². The number of nitrogens with zero attached hydrogens (tertiary/aromatic N) is 1. The zero-order chi connectivity index (χ0) is 13.0. The van der Waals surface area contributed by atoms with Crippen molar-refractivity contribution in [2.75, 3.05) is 0 Å². The summed E-state index contributed by atoms with van der Waals surface area (Å²) in [6.07, 6.45) is 3.94. The van der Waals surface area contributed by atoms with E-state index in [4.69, 9.17) is 5.73 Å². The number of nitrogens with two attached hydrogens (primary N) is 1. The van der Waals surface area contributed by atoms with Crippen LogP contribution in [0.5, 0.6) is 5.75 Å². The predicted molar refractivity (Wildman–Crippen MR) is 62.3 cm³/mol. The molecule has 0 aliphatic rings. The molecule has 0 spiro atoms. The maximum Gasteiger partial charge on any atom is 0.387 e. The fourth-order valence-electron chi connectivity index (χ4n) is 1.63. The number of aromatic amines is 1. The Morgan fingerprint density at radius 2 is 2.00 bits per heavy atom. The highest BCUT2D eigenvalue weighted by atomic mass is 19.3. The first kappa shape index (κ1) is 12.5. The Bertz CT molecular complexity index is 471. The molecule has 0 amide bonds. The number of ether oxygens (including phenoxy) is 1.